The molecule has 0 radical (unpaired) electrons. The second kappa shape index (κ2) is 6.71. The van der Waals surface area contributed by atoms with Crippen molar-refractivity contribution in [1.29, 1.82) is 0 Å². The van der Waals surface area contributed by atoms with Crippen molar-refractivity contribution < 1.29 is 28.0 Å². The monoisotopic (exact) mass is 332 g/mol. The fraction of sp³-hybridized carbons (Fsp3) is 0.417. The van der Waals surface area contributed by atoms with Crippen molar-refractivity contribution in [3.8, 4) is 5.75 Å². The van der Waals surface area contributed by atoms with Gasteiger partial charge in [-0.05, 0) is 18.1 Å². The van der Waals surface area contributed by atoms with Crippen molar-refractivity contribution in [3.63, 3.8) is 0 Å². The maximum absolute atomic E-state index is 12.3. The molecule has 22 heavy (non-hydrogen) atoms. The summed E-state index contributed by atoms with van der Waals surface area (Å²) in [6, 6.07) is 1.80. The van der Waals surface area contributed by atoms with E-state index in [1.165, 1.54) is 27.0 Å². The first-order valence-corrected chi connectivity index (χ1v) is 7.66. The molecule has 122 valence electrons. The van der Waals surface area contributed by atoms with Gasteiger partial charge in [-0.2, -0.15) is 4.72 Å². The minimum absolute atomic E-state index is 0.115. The number of benzene rings is 1. The molecule has 0 spiro atoms. The molecule has 1 aromatic rings. The highest BCUT2D eigenvalue weighted by atomic mass is 32.2. The number of rotatable bonds is 7. The van der Waals surface area contributed by atoms with Crippen LogP contribution in [0.4, 0.5) is 5.69 Å². The smallest absolute Gasteiger partial charge is 0.322 e. The van der Waals surface area contributed by atoms with Crippen LogP contribution in [0.5, 0.6) is 5.75 Å². The number of carboxylic acids is 1. The Morgan fingerprint density at radius 3 is 2.41 bits per heavy atom. The summed E-state index contributed by atoms with van der Waals surface area (Å²) in [6.07, 6.45) is 0. The fourth-order valence-corrected chi connectivity index (χ4v) is 3.19. The number of hydrogen-bond donors (Lipinski definition) is 2. The SMILES string of the molecule is COc1ccc(S(=O)(=O)NC(C(=O)O)C(C)C)c([N+](=O)[O-])c1. The van der Waals surface area contributed by atoms with Gasteiger partial charge in [0.2, 0.25) is 10.0 Å². The number of aliphatic carboxylic acids is 1. The van der Waals surface area contributed by atoms with Gasteiger partial charge in [0, 0.05) is 0 Å². The number of methoxy groups -OCH3 is 1. The number of nitrogens with one attached hydrogen (secondary N) is 1. The van der Waals surface area contributed by atoms with E-state index >= 15 is 0 Å². The molecule has 0 aromatic heterocycles. The molecule has 0 aliphatic rings. The van der Waals surface area contributed by atoms with Gasteiger partial charge in [-0.3, -0.25) is 14.9 Å². The maximum atomic E-state index is 12.3. The topological polar surface area (TPSA) is 136 Å². The lowest BCUT2D eigenvalue weighted by molar-refractivity contribution is -0.387. The van der Waals surface area contributed by atoms with E-state index in [1.54, 1.807) is 0 Å². The van der Waals surface area contributed by atoms with Crippen LogP contribution in [0.15, 0.2) is 23.1 Å². The van der Waals surface area contributed by atoms with E-state index in [0.717, 1.165) is 12.1 Å². The van der Waals surface area contributed by atoms with Gasteiger partial charge in [-0.1, -0.05) is 13.8 Å². The molecule has 1 rings (SSSR count). The van der Waals surface area contributed by atoms with Crippen LogP contribution in [0.1, 0.15) is 13.8 Å². The summed E-state index contributed by atoms with van der Waals surface area (Å²) in [7, 11) is -3.10. The van der Waals surface area contributed by atoms with Gasteiger partial charge in [0.25, 0.3) is 5.69 Å². The van der Waals surface area contributed by atoms with E-state index in [4.69, 9.17) is 9.84 Å². The van der Waals surface area contributed by atoms with Crippen molar-refractivity contribution in [2.24, 2.45) is 5.92 Å². The van der Waals surface area contributed by atoms with Crippen LogP contribution in [-0.2, 0) is 14.8 Å². The number of sulfonamides is 1. The number of nitro benzene ring substituents is 1. The normalized spacial score (nSPS) is 12.9. The minimum atomic E-state index is -4.38. The summed E-state index contributed by atoms with van der Waals surface area (Å²) in [5.74, 6) is -1.79. The lowest BCUT2D eigenvalue weighted by Gasteiger charge is -2.18. The third-order valence-electron chi connectivity index (χ3n) is 2.87. The van der Waals surface area contributed by atoms with Crippen molar-refractivity contribution in [3.05, 3.63) is 28.3 Å². The van der Waals surface area contributed by atoms with Gasteiger partial charge in [0.1, 0.15) is 11.8 Å². The lowest BCUT2D eigenvalue weighted by atomic mass is 10.1. The Morgan fingerprint density at radius 2 is 2.00 bits per heavy atom. The summed E-state index contributed by atoms with van der Waals surface area (Å²) in [5.41, 5.74) is -0.695. The van der Waals surface area contributed by atoms with Gasteiger partial charge in [-0.25, -0.2) is 8.42 Å². The Bertz CT molecular complexity index is 685. The summed E-state index contributed by atoms with van der Waals surface area (Å²) in [6.45, 7) is 3.04. The predicted octanol–water partition coefficient (Wildman–Crippen LogP) is 0.991. The van der Waals surface area contributed by atoms with E-state index in [2.05, 4.69) is 0 Å². The second-order valence-corrected chi connectivity index (χ2v) is 6.45. The van der Waals surface area contributed by atoms with Crippen molar-refractivity contribution in [1.82, 2.24) is 4.72 Å². The number of carboxylic acid groups (broad SMARTS) is 1. The average Bonchev–Trinajstić information content (AvgIpc) is 2.43. The Kier molecular flexibility index (Phi) is 5.44. The fourth-order valence-electron chi connectivity index (χ4n) is 1.70. The summed E-state index contributed by atoms with van der Waals surface area (Å²) >= 11 is 0. The molecule has 1 atom stereocenters. The van der Waals surface area contributed by atoms with Crippen LogP contribution < -0.4 is 9.46 Å². The Balaban J connectivity index is 3.34. The lowest BCUT2D eigenvalue weighted by Crippen LogP contribution is -2.44. The summed E-state index contributed by atoms with van der Waals surface area (Å²) in [4.78, 5) is 20.6. The maximum Gasteiger partial charge on any atom is 0.322 e. The Labute approximate surface area is 127 Å². The van der Waals surface area contributed by atoms with Crippen LogP contribution in [0.25, 0.3) is 0 Å². The Morgan fingerprint density at radius 1 is 1.41 bits per heavy atom. The highest BCUT2D eigenvalue weighted by Gasteiger charge is 2.32. The molecule has 0 bridgehead atoms. The first kappa shape index (κ1) is 17.9. The minimum Gasteiger partial charge on any atom is -0.497 e. The standard InChI is InChI=1S/C12H16N2O7S/c1-7(2)11(12(15)16)13-22(19,20)10-5-4-8(21-3)6-9(10)14(17)18/h4-7,11,13H,1-3H3,(H,15,16). The molecule has 0 saturated heterocycles. The zero-order valence-corrected chi connectivity index (χ0v) is 13.0. The molecule has 9 nitrogen and oxygen atoms in total. The molecule has 10 heteroatoms. The van der Waals surface area contributed by atoms with E-state index in [0.29, 0.717) is 0 Å². The van der Waals surface area contributed by atoms with E-state index in [9.17, 15) is 23.3 Å². The molecule has 0 saturated carbocycles. The van der Waals surface area contributed by atoms with Crippen LogP contribution in [0, 0.1) is 16.0 Å². The van der Waals surface area contributed by atoms with E-state index in [1.807, 2.05) is 4.72 Å². The quantitative estimate of drug-likeness (QED) is 0.561. The van der Waals surface area contributed by atoms with Gasteiger partial charge in [-0.15, -0.1) is 0 Å². The first-order chi connectivity index (χ1) is 10.1. The third kappa shape index (κ3) is 3.92. The largest absolute Gasteiger partial charge is 0.497 e. The average molecular weight is 332 g/mol. The summed E-state index contributed by atoms with van der Waals surface area (Å²) < 4.78 is 31.3. The number of hydrogen-bond acceptors (Lipinski definition) is 6. The van der Waals surface area contributed by atoms with E-state index < -0.39 is 43.5 Å². The highest BCUT2D eigenvalue weighted by molar-refractivity contribution is 7.89. The molecule has 1 aromatic carbocycles. The number of nitro groups is 1. The zero-order chi connectivity index (χ0) is 17.1. The molecule has 0 aliphatic carbocycles. The van der Waals surface area contributed by atoms with Crippen molar-refractivity contribution in [2.75, 3.05) is 7.11 Å². The molecule has 0 amide bonds. The molecule has 0 heterocycles. The zero-order valence-electron chi connectivity index (χ0n) is 12.1. The van der Waals surface area contributed by atoms with E-state index in [-0.39, 0.29) is 5.75 Å². The second-order valence-electron chi connectivity index (χ2n) is 4.77. The van der Waals surface area contributed by atoms with Gasteiger partial charge in [0.15, 0.2) is 4.90 Å². The van der Waals surface area contributed by atoms with Gasteiger partial charge in [0.05, 0.1) is 18.1 Å². The van der Waals surface area contributed by atoms with Crippen molar-refractivity contribution >= 4 is 21.7 Å². The molecule has 0 fully saturated rings. The van der Waals surface area contributed by atoms with Crippen LogP contribution >= 0.6 is 0 Å². The number of nitrogens with zero attached hydrogens (tertiary/aromatic N) is 1. The first-order valence-electron chi connectivity index (χ1n) is 6.17. The molecular weight excluding hydrogens is 316 g/mol. The molecule has 0 aliphatic heterocycles. The number of ether oxygens (including phenoxy) is 1. The molecular formula is C12H16N2O7S. The Hall–Kier alpha value is -2.20. The molecule has 1 unspecified atom stereocenters. The van der Waals surface area contributed by atoms with Crippen LogP contribution in [0.3, 0.4) is 0 Å². The van der Waals surface area contributed by atoms with Crippen LogP contribution in [0.2, 0.25) is 0 Å². The predicted molar refractivity (Wildman–Crippen MR) is 76.2 cm³/mol. The summed E-state index contributed by atoms with van der Waals surface area (Å²) in [5, 5.41) is 20.1. The van der Waals surface area contributed by atoms with Crippen LogP contribution in [-0.4, -0.2) is 37.6 Å². The number of carbonyl (C=O) groups is 1. The molecule has 2 N–H and O–H groups in total. The van der Waals surface area contributed by atoms with Crippen molar-refractivity contribution in [2.45, 2.75) is 24.8 Å². The highest BCUT2D eigenvalue weighted by Crippen LogP contribution is 2.28. The van der Waals surface area contributed by atoms with Gasteiger partial charge < -0.3 is 9.84 Å². The van der Waals surface area contributed by atoms with Gasteiger partial charge >= 0.3 is 5.97 Å². The third-order valence-corrected chi connectivity index (χ3v) is 4.36.